The van der Waals surface area contributed by atoms with E-state index in [9.17, 15) is 0 Å². The predicted octanol–water partition coefficient (Wildman–Crippen LogP) is 6.76. The SMILES string of the molecule is CC(C)c1cccn1C.CC(C)c1ccnn1C(C)C.[2H]C([2H])([2H])C([2H])([2H])n1nccc1C(C)C. The molecule has 168 valence electrons. The third-order valence-electron chi connectivity index (χ3n) is 4.73. The van der Waals surface area contributed by atoms with Gasteiger partial charge in [-0.15, -0.1) is 0 Å². The molecule has 0 radical (unpaired) electrons. The molecule has 0 aliphatic rings. The zero-order valence-corrected chi connectivity index (χ0v) is 20.1. The van der Waals surface area contributed by atoms with Crippen LogP contribution in [0.15, 0.2) is 42.9 Å². The maximum Gasteiger partial charge on any atom is 0.0513 e. The molecule has 0 N–H and O–H groups in total. The van der Waals surface area contributed by atoms with E-state index in [1.54, 1.807) is 6.07 Å². The highest BCUT2D eigenvalue weighted by Crippen LogP contribution is 2.17. The van der Waals surface area contributed by atoms with E-state index in [1.165, 1.54) is 17.6 Å². The van der Waals surface area contributed by atoms with Crippen LogP contribution in [0.1, 0.15) is 110 Å². The minimum atomic E-state index is -2.72. The molecule has 5 heteroatoms. The van der Waals surface area contributed by atoms with Gasteiger partial charge >= 0.3 is 0 Å². The van der Waals surface area contributed by atoms with Gasteiger partial charge in [-0.05, 0) is 62.7 Å². The lowest BCUT2D eigenvalue weighted by atomic mass is 10.1. The third-order valence-corrected chi connectivity index (χ3v) is 4.73. The van der Waals surface area contributed by atoms with E-state index in [1.807, 2.05) is 20.0 Å². The summed E-state index contributed by atoms with van der Waals surface area (Å²) in [5, 5.41) is 8.01. The molecule has 0 fully saturated rings. The topological polar surface area (TPSA) is 40.6 Å². The highest BCUT2D eigenvalue weighted by molar-refractivity contribution is 5.10. The Bertz CT molecular complexity index is 987. The lowest BCUT2D eigenvalue weighted by Gasteiger charge is -2.12. The van der Waals surface area contributed by atoms with Crippen LogP contribution in [0.5, 0.6) is 0 Å². The van der Waals surface area contributed by atoms with Crippen molar-refractivity contribution in [1.82, 2.24) is 24.1 Å². The first kappa shape index (κ1) is 18.5. The molecule has 0 atom stereocenters. The predicted molar refractivity (Wildman–Crippen MR) is 128 cm³/mol. The second-order valence-electron chi connectivity index (χ2n) is 8.58. The third kappa shape index (κ3) is 7.51. The molecule has 0 amide bonds. The smallest absolute Gasteiger partial charge is 0.0513 e. The molecular weight excluding hydrogens is 370 g/mol. The Morgan fingerprint density at radius 1 is 0.833 bits per heavy atom. The summed E-state index contributed by atoms with van der Waals surface area (Å²) in [7, 11) is 2.08. The molecule has 0 saturated heterocycles. The van der Waals surface area contributed by atoms with E-state index in [0.29, 0.717) is 23.6 Å². The van der Waals surface area contributed by atoms with Gasteiger partial charge in [0, 0.05) is 59.4 Å². The van der Waals surface area contributed by atoms with Crippen molar-refractivity contribution in [2.75, 3.05) is 0 Å². The molecule has 0 aliphatic carbocycles. The van der Waals surface area contributed by atoms with E-state index in [2.05, 4.69) is 92.4 Å². The van der Waals surface area contributed by atoms with E-state index in [4.69, 9.17) is 6.85 Å². The van der Waals surface area contributed by atoms with Gasteiger partial charge in [0.25, 0.3) is 0 Å². The monoisotopic (exact) mass is 418 g/mol. The van der Waals surface area contributed by atoms with Gasteiger partial charge in [0.2, 0.25) is 0 Å². The van der Waals surface area contributed by atoms with Crippen molar-refractivity contribution >= 4 is 0 Å². The van der Waals surface area contributed by atoms with E-state index in [0.717, 1.165) is 4.68 Å². The Morgan fingerprint density at radius 3 is 1.80 bits per heavy atom. The minimum absolute atomic E-state index is 0.0323. The summed E-state index contributed by atoms with van der Waals surface area (Å²) in [5.41, 5.74) is 3.30. The molecule has 3 rings (SSSR count). The summed E-state index contributed by atoms with van der Waals surface area (Å²) in [6, 6.07) is 8.43. The van der Waals surface area contributed by atoms with Gasteiger partial charge in [0.05, 0.1) is 2.74 Å². The molecule has 30 heavy (non-hydrogen) atoms. The Hall–Kier alpha value is -2.30. The number of aryl methyl sites for hydroxylation is 2. The van der Waals surface area contributed by atoms with Gasteiger partial charge in [-0.25, -0.2) is 0 Å². The molecule has 3 aromatic heterocycles. The number of rotatable bonds is 5. The van der Waals surface area contributed by atoms with E-state index < -0.39 is 13.3 Å². The normalized spacial score (nSPS) is 14.4. The molecule has 3 heterocycles. The minimum Gasteiger partial charge on any atom is -0.354 e. The fourth-order valence-corrected chi connectivity index (χ4v) is 3.13. The number of aromatic nitrogens is 5. The quantitative estimate of drug-likeness (QED) is 0.459. The number of nitrogens with zero attached hydrogens (tertiary/aromatic N) is 5. The first-order chi connectivity index (χ1) is 16.0. The standard InChI is InChI=1S/C9H16N2.C8H14N2.C8H13N/c1-7(2)9-5-6-10-11(9)8(3)4;1-4-10-8(7(2)3)5-6-9-10;1-7(2)8-5-4-6-9(8)3/h5-8H,1-4H3;5-7H,4H2,1-3H3;4-7H,1-3H3/i;1D3,4D2;. The number of hydrogen-bond donors (Lipinski definition) is 0. The zero-order chi connectivity index (χ0) is 27.1. The summed E-state index contributed by atoms with van der Waals surface area (Å²) in [6.45, 7) is 11.6. The van der Waals surface area contributed by atoms with Crippen molar-refractivity contribution in [1.29, 1.82) is 0 Å². The average Bonchev–Trinajstić information content (AvgIpc) is 3.47. The molecule has 0 bridgehead atoms. The van der Waals surface area contributed by atoms with Crippen LogP contribution in [0.25, 0.3) is 0 Å². The van der Waals surface area contributed by atoms with Crippen molar-refractivity contribution in [2.24, 2.45) is 7.05 Å². The zero-order valence-electron chi connectivity index (χ0n) is 25.1. The van der Waals surface area contributed by atoms with Crippen LogP contribution in [0, 0.1) is 0 Å². The van der Waals surface area contributed by atoms with Crippen molar-refractivity contribution in [2.45, 2.75) is 92.5 Å². The summed E-state index contributed by atoms with van der Waals surface area (Å²) in [5.74, 6) is 1.25. The molecule has 0 unspecified atom stereocenters. The van der Waals surface area contributed by atoms with E-state index in [-0.39, 0.29) is 5.92 Å². The first-order valence-corrected chi connectivity index (χ1v) is 10.7. The lowest BCUT2D eigenvalue weighted by molar-refractivity contribution is 0.498. The maximum absolute atomic E-state index is 7.57. The molecule has 3 aromatic rings. The average molecular weight is 419 g/mol. The number of hydrogen-bond acceptors (Lipinski definition) is 2. The molecule has 0 spiro atoms. The molecular formula is C25H43N5. The van der Waals surface area contributed by atoms with Crippen LogP contribution < -0.4 is 0 Å². The van der Waals surface area contributed by atoms with Crippen molar-refractivity contribution in [3.8, 4) is 0 Å². The lowest BCUT2D eigenvalue weighted by Crippen LogP contribution is -2.08. The largest absolute Gasteiger partial charge is 0.354 e. The summed E-state index contributed by atoms with van der Waals surface area (Å²) in [6.07, 6.45) is 5.36. The van der Waals surface area contributed by atoms with Crippen LogP contribution in [-0.4, -0.2) is 24.1 Å². The van der Waals surface area contributed by atoms with Crippen molar-refractivity contribution in [3.63, 3.8) is 0 Å². The summed E-state index contributed by atoms with van der Waals surface area (Å²) >= 11 is 0. The Kier molecular flexibility index (Phi) is 7.64. The van der Waals surface area contributed by atoms with Gasteiger partial charge in [-0.1, -0.05) is 41.5 Å². The van der Waals surface area contributed by atoms with Crippen LogP contribution in [0.4, 0.5) is 0 Å². The molecule has 0 aromatic carbocycles. The second kappa shape index (κ2) is 12.4. The Morgan fingerprint density at radius 2 is 1.40 bits per heavy atom. The summed E-state index contributed by atoms with van der Waals surface area (Å²) in [4.78, 5) is 0. The highest BCUT2D eigenvalue weighted by Gasteiger charge is 2.08. The van der Waals surface area contributed by atoms with Crippen LogP contribution in [0.2, 0.25) is 0 Å². The molecule has 5 nitrogen and oxygen atoms in total. The maximum atomic E-state index is 7.57. The highest BCUT2D eigenvalue weighted by atomic mass is 15.3. The van der Waals surface area contributed by atoms with Crippen molar-refractivity contribution < 1.29 is 6.85 Å². The van der Waals surface area contributed by atoms with Crippen LogP contribution in [0.3, 0.4) is 0 Å². The second-order valence-corrected chi connectivity index (χ2v) is 8.58. The van der Waals surface area contributed by atoms with Crippen molar-refractivity contribution in [3.05, 3.63) is 59.9 Å². The Labute approximate surface area is 191 Å². The first-order valence-electron chi connectivity index (χ1n) is 13.2. The fourth-order valence-electron chi connectivity index (χ4n) is 3.13. The van der Waals surface area contributed by atoms with Crippen LogP contribution in [-0.2, 0) is 13.5 Å². The van der Waals surface area contributed by atoms with Gasteiger partial charge in [0.15, 0.2) is 0 Å². The molecule has 0 saturated carbocycles. The summed E-state index contributed by atoms with van der Waals surface area (Å²) < 4.78 is 41.8. The van der Waals surface area contributed by atoms with Gasteiger partial charge in [-0.2, -0.15) is 10.2 Å². The van der Waals surface area contributed by atoms with Crippen LogP contribution >= 0.6 is 0 Å². The van der Waals surface area contributed by atoms with Gasteiger partial charge < -0.3 is 4.57 Å². The Balaban J connectivity index is 0.000000272. The molecule has 0 aliphatic heterocycles. The fraction of sp³-hybridized carbons (Fsp3) is 0.600. The van der Waals surface area contributed by atoms with E-state index >= 15 is 0 Å². The van der Waals surface area contributed by atoms with Gasteiger partial charge in [-0.3, -0.25) is 9.36 Å². The van der Waals surface area contributed by atoms with Gasteiger partial charge in [0.1, 0.15) is 0 Å².